The number of nitrogens with two attached hydrogens (primary N) is 1. The summed E-state index contributed by atoms with van der Waals surface area (Å²) in [5.74, 6) is 1.14. The third-order valence-electron chi connectivity index (χ3n) is 5.63. The summed E-state index contributed by atoms with van der Waals surface area (Å²) in [6.07, 6.45) is 4.11. The van der Waals surface area contributed by atoms with Crippen LogP contribution in [0.2, 0.25) is 0 Å². The Kier molecular flexibility index (Phi) is 5.25. The number of nitrogen functional groups attached to an aromatic ring is 1. The van der Waals surface area contributed by atoms with Gasteiger partial charge in [-0.15, -0.1) is 0 Å². The number of pyridine rings is 1. The monoisotopic (exact) mass is 427 g/mol. The minimum absolute atomic E-state index is 0.0197. The molecule has 0 aliphatic carbocycles. The van der Waals surface area contributed by atoms with E-state index in [0.717, 1.165) is 22.4 Å². The molecule has 4 rings (SSSR count). The number of benzene rings is 1. The van der Waals surface area contributed by atoms with Gasteiger partial charge >= 0.3 is 0 Å². The Hall–Kier alpha value is -2.91. The van der Waals surface area contributed by atoms with Crippen LogP contribution in [-0.4, -0.2) is 48.1 Å². The summed E-state index contributed by atoms with van der Waals surface area (Å²) in [6.45, 7) is 4.49. The van der Waals surface area contributed by atoms with Gasteiger partial charge in [-0.1, -0.05) is 0 Å². The van der Waals surface area contributed by atoms with Gasteiger partial charge in [-0.2, -0.15) is 9.40 Å². The van der Waals surface area contributed by atoms with Crippen molar-refractivity contribution in [3.8, 4) is 16.9 Å². The highest BCUT2D eigenvalue weighted by Gasteiger charge is 2.36. The topological polar surface area (TPSA) is 114 Å². The summed E-state index contributed by atoms with van der Waals surface area (Å²) < 4.78 is 33.6. The Bertz CT molecular complexity index is 1190. The van der Waals surface area contributed by atoms with Crippen LogP contribution >= 0.6 is 0 Å². The molecule has 1 aliphatic heterocycles. The number of hydrogen-bond acceptors (Lipinski definition) is 6. The number of aromatic amines is 1. The van der Waals surface area contributed by atoms with Crippen LogP contribution in [0.15, 0.2) is 41.6 Å². The van der Waals surface area contributed by atoms with Gasteiger partial charge in [0.05, 0.1) is 18.2 Å². The lowest BCUT2D eigenvalue weighted by Gasteiger charge is -2.19. The second kappa shape index (κ2) is 7.73. The summed E-state index contributed by atoms with van der Waals surface area (Å²) in [6, 6.07) is 7.13. The Morgan fingerprint density at radius 3 is 2.77 bits per heavy atom. The standard InChI is InChI=1S/C21H25N5O3S/c1-13-9-19(14(2)8-18(13)29-3)30(27,28)26-7-5-16(12-26)21-17(11-24-25-21)15-4-6-23-20(22)10-15/h4,6,8-11,16H,5,7,12H2,1-3H3,(H2,22,23)(H,24,25). The van der Waals surface area contributed by atoms with Gasteiger partial charge in [-0.3, -0.25) is 5.10 Å². The van der Waals surface area contributed by atoms with Gasteiger partial charge in [-0.05, 0) is 61.2 Å². The van der Waals surface area contributed by atoms with Crippen LogP contribution in [0.1, 0.15) is 29.2 Å². The zero-order chi connectivity index (χ0) is 21.5. The summed E-state index contributed by atoms with van der Waals surface area (Å²) in [5, 5.41) is 7.26. The fraction of sp³-hybridized carbons (Fsp3) is 0.333. The molecule has 8 nitrogen and oxygen atoms in total. The molecular weight excluding hydrogens is 402 g/mol. The van der Waals surface area contributed by atoms with Crippen LogP contribution in [0.4, 0.5) is 5.82 Å². The molecule has 1 aromatic carbocycles. The number of aryl methyl sites for hydroxylation is 2. The maximum absolute atomic E-state index is 13.4. The molecule has 1 atom stereocenters. The van der Waals surface area contributed by atoms with E-state index in [2.05, 4.69) is 15.2 Å². The maximum Gasteiger partial charge on any atom is 0.243 e. The van der Waals surface area contributed by atoms with Crippen LogP contribution in [0.5, 0.6) is 5.75 Å². The van der Waals surface area contributed by atoms with Crippen molar-refractivity contribution < 1.29 is 13.2 Å². The van der Waals surface area contributed by atoms with Gasteiger partial charge in [0.2, 0.25) is 10.0 Å². The summed E-state index contributed by atoms with van der Waals surface area (Å²) >= 11 is 0. The first kappa shape index (κ1) is 20.4. The highest BCUT2D eigenvalue weighted by atomic mass is 32.2. The van der Waals surface area contributed by atoms with Crippen LogP contribution in [-0.2, 0) is 10.0 Å². The van der Waals surface area contributed by atoms with Crippen molar-refractivity contribution in [1.82, 2.24) is 19.5 Å². The molecule has 3 N–H and O–H groups in total. The number of methoxy groups -OCH3 is 1. The summed E-state index contributed by atoms with van der Waals surface area (Å²) in [7, 11) is -2.03. The van der Waals surface area contributed by atoms with E-state index in [9.17, 15) is 8.42 Å². The number of aromatic nitrogens is 3. The quantitative estimate of drug-likeness (QED) is 0.647. The van der Waals surface area contributed by atoms with E-state index >= 15 is 0 Å². The summed E-state index contributed by atoms with van der Waals surface area (Å²) in [5.41, 5.74) is 10.0. The molecule has 1 saturated heterocycles. The number of anilines is 1. The smallest absolute Gasteiger partial charge is 0.243 e. The SMILES string of the molecule is COc1cc(C)c(S(=O)(=O)N2CCC(c3[nH]ncc3-c3ccnc(N)c3)C2)cc1C. The Morgan fingerprint density at radius 2 is 2.03 bits per heavy atom. The molecule has 1 unspecified atom stereocenters. The van der Waals surface area contributed by atoms with E-state index < -0.39 is 10.0 Å². The maximum atomic E-state index is 13.4. The molecule has 158 valence electrons. The molecule has 1 fully saturated rings. The van der Waals surface area contributed by atoms with E-state index in [1.807, 2.05) is 13.0 Å². The van der Waals surface area contributed by atoms with Gasteiger partial charge in [0.15, 0.2) is 0 Å². The highest BCUT2D eigenvalue weighted by molar-refractivity contribution is 7.89. The minimum Gasteiger partial charge on any atom is -0.496 e. The van der Waals surface area contributed by atoms with Gasteiger partial charge in [-0.25, -0.2) is 13.4 Å². The zero-order valence-corrected chi connectivity index (χ0v) is 18.0. The second-order valence-electron chi connectivity index (χ2n) is 7.60. The molecule has 9 heteroatoms. The number of nitrogens with one attached hydrogen (secondary N) is 1. The first-order chi connectivity index (χ1) is 14.3. The molecule has 2 aromatic heterocycles. The van der Waals surface area contributed by atoms with Crippen molar-refractivity contribution in [1.29, 1.82) is 0 Å². The van der Waals surface area contributed by atoms with E-state index in [1.165, 1.54) is 0 Å². The van der Waals surface area contributed by atoms with Crippen LogP contribution < -0.4 is 10.5 Å². The summed E-state index contributed by atoms with van der Waals surface area (Å²) in [4.78, 5) is 4.36. The van der Waals surface area contributed by atoms with Crippen molar-refractivity contribution in [2.75, 3.05) is 25.9 Å². The van der Waals surface area contributed by atoms with E-state index in [-0.39, 0.29) is 5.92 Å². The molecule has 0 spiro atoms. The van der Waals surface area contributed by atoms with Crippen molar-refractivity contribution in [3.05, 3.63) is 53.5 Å². The third-order valence-corrected chi connectivity index (χ3v) is 7.64. The predicted molar refractivity (Wildman–Crippen MR) is 115 cm³/mol. The number of ether oxygens (including phenoxy) is 1. The van der Waals surface area contributed by atoms with E-state index in [1.54, 1.807) is 48.9 Å². The molecule has 3 aromatic rings. The fourth-order valence-electron chi connectivity index (χ4n) is 4.04. The zero-order valence-electron chi connectivity index (χ0n) is 17.2. The highest BCUT2D eigenvalue weighted by Crippen LogP contribution is 2.36. The van der Waals surface area contributed by atoms with Gasteiger partial charge in [0.25, 0.3) is 0 Å². The molecule has 1 aliphatic rings. The second-order valence-corrected chi connectivity index (χ2v) is 9.51. The van der Waals surface area contributed by atoms with Crippen molar-refractivity contribution in [3.63, 3.8) is 0 Å². The molecule has 0 bridgehead atoms. The van der Waals surface area contributed by atoms with Crippen molar-refractivity contribution in [2.45, 2.75) is 31.1 Å². The predicted octanol–water partition coefficient (Wildman–Crippen LogP) is 2.86. The van der Waals surface area contributed by atoms with Crippen molar-refractivity contribution in [2.24, 2.45) is 0 Å². The third kappa shape index (κ3) is 3.54. The van der Waals surface area contributed by atoms with Gasteiger partial charge in [0, 0.05) is 36.5 Å². The number of nitrogens with zero attached hydrogens (tertiary/aromatic N) is 3. The van der Waals surface area contributed by atoms with Crippen molar-refractivity contribution >= 4 is 15.8 Å². The minimum atomic E-state index is -3.61. The normalized spacial score (nSPS) is 17.4. The van der Waals surface area contributed by atoms with Gasteiger partial charge < -0.3 is 10.5 Å². The molecule has 30 heavy (non-hydrogen) atoms. The number of H-pyrrole nitrogens is 1. The van der Waals surface area contributed by atoms with Crippen LogP contribution in [0.25, 0.3) is 11.1 Å². The van der Waals surface area contributed by atoms with E-state index in [4.69, 9.17) is 10.5 Å². The average Bonchev–Trinajstić information content (AvgIpc) is 3.38. The molecule has 0 saturated carbocycles. The molecule has 0 amide bonds. The lowest BCUT2D eigenvalue weighted by Crippen LogP contribution is -2.29. The molecular formula is C21H25N5O3S. The average molecular weight is 428 g/mol. The van der Waals surface area contributed by atoms with Gasteiger partial charge in [0.1, 0.15) is 11.6 Å². The number of sulfonamides is 1. The van der Waals surface area contributed by atoms with Crippen LogP contribution in [0.3, 0.4) is 0 Å². The first-order valence-electron chi connectivity index (χ1n) is 9.72. The number of rotatable bonds is 5. The largest absolute Gasteiger partial charge is 0.496 e. The Labute approximate surface area is 176 Å². The van der Waals surface area contributed by atoms with Crippen LogP contribution in [0, 0.1) is 13.8 Å². The van der Waals surface area contributed by atoms with E-state index in [0.29, 0.717) is 41.5 Å². The Morgan fingerprint density at radius 1 is 1.23 bits per heavy atom. The first-order valence-corrected chi connectivity index (χ1v) is 11.2. The molecule has 3 heterocycles. The lowest BCUT2D eigenvalue weighted by molar-refractivity contribution is 0.410. The lowest BCUT2D eigenvalue weighted by atomic mass is 9.97. The fourth-order valence-corrected chi connectivity index (χ4v) is 5.83. The number of hydrogen-bond donors (Lipinski definition) is 2. The molecule has 0 radical (unpaired) electrons. The Balaban J connectivity index is 1.62.